The zero-order chi connectivity index (χ0) is 14.8. The van der Waals surface area contributed by atoms with Gasteiger partial charge in [-0.1, -0.05) is 23.9 Å². The lowest BCUT2D eigenvalue weighted by molar-refractivity contribution is 0.861. The molecule has 4 aromatic heterocycles. The lowest BCUT2D eigenvalue weighted by Crippen LogP contribution is -1.96. The van der Waals surface area contributed by atoms with E-state index in [2.05, 4.69) is 20.3 Å². The molecule has 0 amide bonds. The molecule has 0 aliphatic heterocycles. The fourth-order valence-electron chi connectivity index (χ4n) is 2.04. The predicted octanol–water partition coefficient (Wildman–Crippen LogP) is 3.54. The molecule has 0 fully saturated rings. The molecule has 0 saturated carbocycles. The SMILES string of the molecule is c1ccc(CSc2ccc3nnc(-c4cccs4)n3n2)nc1. The Morgan fingerprint density at radius 1 is 1.05 bits per heavy atom. The Morgan fingerprint density at radius 2 is 2.05 bits per heavy atom. The number of aromatic nitrogens is 5. The summed E-state index contributed by atoms with van der Waals surface area (Å²) in [6.07, 6.45) is 1.81. The second-order valence-corrected chi connectivity index (χ2v) is 6.50. The van der Waals surface area contributed by atoms with Crippen LogP contribution in [0.25, 0.3) is 16.3 Å². The summed E-state index contributed by atoms with van der Waals surface area (Å²) in [6, 6.07) is 13.9. The highest BCUT2D eigenvalue weighted by atomic mass is 32.2. The van der Waals surface area contributed by atoms with Crippen LogP contribution in [0.4, 0.5) is 0 Å². The molecule has 0 bridgehead atoms. The van der Waals surface area contributed by atoms with Crippen LogP contribution < -0.4 is 0 Å². The summed E-state index contributed by atoms with van der Waals surface area (Å²) in [5.74, 6) is 1.57. The molecule has 0 aliphatic rings. The van der Waals surface area contributed by atoms with Gasteiger partial charge in [-0.25, -0.2) is 0 Å². The summed E-state index contributed by atoms with van der Waals surface area (Å²) in [6.45, 7) is 0. The van der Waals surface area contributed by atoms with Gasteiger partial charge >= 0.3 is 0 Å². The highest BCUT2D eigenvalue weighted by molar-refractivity contribution is 7.98. The van der Waals surface area contributed by atoms with Gasteiger partial charge < -0.3 is 0 Å². The average Bonchev–Trinajstić information content (AvgIpc) is 3.22. The Balaban J connectivity index is 1.64. The molecule has 0 unspecified atom stereocenters. The van der Waals surface area contributed by atoms with E-state index in [1.54, 1.807) is 33.8 Å². The molecule has 0 N–H and O–H groups in total. The molecule has 0 radical (unpaired) electrons. The van der Waals surface area contributed by atoms with E-state index in [4.69, 9.17) is 0 Å². The van der Waals surface area contributed by atoms with E-state index in [1.807, 2.05) is 47.8 Å². The first-order valence-corrected chi connectivity index (χ1v) is 8.56. The van der Waals surface area contributed by atoms with Crippen LogP contribution in [0.15, 0.2) is 59.1 Å². The van der Waals surface area contributed by atoms with E-state index >= 15 is 0 Å². The summed E-state index contributed by atoms with van der Waals surface area (Å²) in [5.41, 5.74) is 1.79. The van der Waals surface area contributed by atoms with E-state index in [0.717, 1.165) is 32.8 Å². The van der Waals surface area contributed by atoms with E-state index in [1.165, 1.54) is 0 Å². The van der Waals surface area contributed by atoms with Gasteiger partial charge in [0.15, 0.2) is 11.5 Å². The molecule has 0 atom stereocenters. The molecular weight excluding hydrogens is 314 g/mol. The van der Waals surface area contributed by atoms with Crippen molar-refractivity contribution in [2.24, 2.45) is 0 Å². The molecule has 108 valence electrons. The van der Waals surface area contributed by atoms with E-state index < -0.39 is 0 Å². The molecular formula is C15H11N5S2. The Hall–Kier alpha value is -2.25. The van der Waals surface area contributed by atoms with Gasteiger partial charge in [-0.3, -0.25) is 4.98 Å². The summed E-state index contributed by atoms with van der Waals surface area (Å²) >= 11 is 3.28. The van der Waals surface area contributed by atoms with Crippen LogP contribution in [-0.4, -0.2) is 24.8 Å². The van der Waals surface area contributed by atoms with Crippen molar-refractivity contribution in [3.05, 3.63) is 59.7 Å². The van der Waals surface area contributed by atoms with Crippen molar-refractivity contribution in [1.82, 2.24) is 24.8 Å². The Labute approximate surface area is 135 Å². The van der Waals surface area contributed by atoms with Gasteiger partial charge in [0.05, 0.1) is 10.6 Å². The Kier molecular flexibility index (Phi) is 3.57. The lowest BCUT2D eigenvalue weighted by atomic mass is 10.4. The maximum absolute atomic E-state index is 4.64. The normalized spacial score (nSPS) is 11.1. The molecule has 4 rings (SSSR count). The third kappa shape index (κ3) is 2.60. The second kappa shape index (κ2) is 5.86. The number of hydrogen-bond donors (Lipinski definition) is 0. The first kappa shape index (κ1) is 13.4. The van der Waals surface area contributed by atoms with Gasteiger partial charge in [-0.15, -0.1) is 21.5 Å². The summed E-state index contributed by atoms with van der Waals surface area (Å²) in [5, 5.41) is 16.0. The minimum absolute atomic E-state index is 0.755. The van der Waals surface area contributed by atoms with Crippen molar-refractivity contribution >= 4 is 28.7 Å². The zero-order valence-electron chi connectivity index (χ0n) is 11.5. The summed E-state index contributed by atoms with van der Waals surface area (Å²) in [4.78, 5) is 5.39. The number of pyridine rings is 1. The van der Waals surface area contributed by atoms with Crippen molar-refractivity contribution in [2.75, 3.05) is 0 Å². The number of thioether (sulfide) groups is 1. The van der Waals surface area contributed by atoms with Crippen molar-refractivity contribution in [1.29, 1.82) is 0 Å². The van der Waals surface area contributed by atoms with Gasteiger partial charge in [0.25, 0.3) is 0 Å². The topological polar surface area (TPSA) is 56.0 Å². The number of nitrogens with zero attached hydrogens (tertiary/aromatic N) is 5. The standard InChI is InChI=1S/C15H11N5S2/c1-2-8-16-11(4-1)10-22-14-7-6-13-17-18-15(20(13)19-14)12-5-3-9-21-12/h1-9H,10H2. The maximum atomic E-state index is 4.64. The minimum atomic E-state index is 0.755. The largest absolute Gasteiger partial charge is 0.260 e. The smallest absolute Gasteiger partial charge is 0.195 e. The zero-order valence-corrected chi connectivity index (χ0v) is 13.1. The molecule has 5 nitrogen and oxygen atoms in total. The third-order valence-electron chi connectivity index (χ3n) is 3.07. The molecule has 0 saturated heterocycles. The molecule has 7 heteroatoms. The van der Waals surface area contributed by atoms with Crippen LogP contribution in [0.5, 0.6) is 0 Å². The number of rotatable bonds is 4. The maximum Gasteiger partial charge on any atom is 0.195 e. The van der Waals surface area contributed by atoms with E-state index in [-0.39, 0.29) is 0 Å². The second-order valence-electron chi connectivity index (χ2n) is 4.55. The van der Waals surface area contributed by atoms with Gasteiger partial charge in [0.2, 0.25) is 0 Å². The fourth-order valence-corrected chi connectivity index (χ4v) is 3.50. The molecule has 0 spiro atoms. The van der Waals surface area contributed by atoms with Gasteiger partial charge in [0, 0.05) is 11.9 Å². The van der Waals surface area contributed by atoms with Gasteiger partial charge in [-0.05, 0) is 35.7 Å². The van der Waals surface area contributed by atoms with Crippen LogP contribution in [0.3, 0.4) is 0 Å². The number of hydrogen-bond acceptors (Lipinski definition) is 6. The average molecular weight is 325 g/mol. The Morgan fingerprint density at radius 3 is 2.86 bits per heavy atom. The van der Waals surface area contributed by atoms with E-state index in [0.29, 0.717) is 0 Å². The molecule has 22 heavy (non-hydrogen) atoms. The number of fused-ring (bicyclic) bond motifs is 1. The Bertz CT molecular complexity index is 887. The highest BCUT2D eigenvalue weighted by Crippen LogP contribution is 2.25. The van der Waals surface area contributed by atoms with Crippen molar-refractivity contribution in [2.45, 2.75) is 10.8 Å². The third-order valence-corrected chi connectivity index (χ3v) is 4.89. The predicted molar refractivity (Wildman–Crippen MR) is 87.9 cm³/mol. The van der Waals surface area contributed by atoms with Crippen molar-refractivity contribution in [3.8, 4) is 10.7 Å². The molecule has 4 aromatic rings. The fraction of sp³-hybridized carbons (Fsp3) is 0.0667. The molecule has 0 aliphatic carbocycles. The quantitative estimate of drug-likeness (QED) is 0.537. The number of thiophene rings is 1. The van der Waals surface area contributed by atoms with Gasteiger partial charge in [-0.2, -0.15) is 9.61 Å². The van der Waals surface area contributed by atoms with Crippen LogP contribution in [0.2, 0.25) is 0 Å². The summed E-state index contributed by atoms with van der Waals surface area (Å²) in [7, 11) is 0. The van der Waals surface area contributed by atoms with Crippen LogP contribution in [-0.2, 0) is 5.75 Å². The minimum Gasteiger partial charge on any atom is -0.260 e. The van der Waals surface area contributed by atoms with Crippen molar-refractivity contribution < 1.29 is 0 Å². The van der Waals surface area contributed by atoms with Crippen LogP contribution >= 0.6 is 23.1 Å². The molecule has 4 heterocycles. The lowest BCUT2D eigenvalue weighted by Gasteiger charge is -2.02. The highest BCUT2D eigenvalue weighted by Gasteiger charge is 2.11. The van der Waals surface area contributed by atoms with Gasteiger partial charge in [0.1, 0.15) is 5.03 Å². The van der Waals surface area contributed by atoms with Crippen molar-refractivity contribution in [3.63, 3.8) is 0 Å². The monoisotopic (exact) mass is 325 g/mol. The first-order valence-electron chi connectivity index (χ1n) is 6.69. The summed E-state index contributed by atoms with van der Waals surface area (Å²) < 4.78 is 1.80. The van der Waals surface area contributed by atoms with Crippen LogP contribution in [0.1, 0.15) is 5.69 Å². The molecule has 0 aromatic carbocycles. The first-order chi connectivity index (χ1) is 10.9. The van der Waals surface area contributed by atoms with E-state index in [9.17, 15) is 0 Å². The van der Waals surface area contributed by atoms with Crippen LogP contribution in [0, 0.1) is 0 Å².